The first-order valence-electron chi connectivity index (χ1n) is 5.55. The van der Waals surface area contributed by atoms with Crippen molar-refractivity contribution < 1.29 is 14.7 Å². The third kappa shape index (κ3) is 3.73. The molecule has 0 radical (unpaired) electrons. The number of hydrogen-bond acceptors (Lipinski definition) is 4. The Morgan fingerprint density at radius 3 is 2.67 bits per heavy atom. The fraction of sp³-hybridized carbons (Fsp3) is 0.417. The molecule has 0 aromatic carbocycles. The van der Waals surface area contributed by atoms with E-state index in [0.29, 0.717) is 18.7 Å². The van der Waals surface area contributed by atoms with Crippen molar-refractivity contribution in [1.29, 1.82) is 0 Å². The van der Waals surface area contributed by atoms with Crippen LogP contribution in [0.4, 0.5) is 5.69 Å². The second-order valence-electron chi connectivity index (χ2n) is 4.14. The number of aromatic carboxylic acids is 1. The minimum Gasteiger partial charge on any atom is -0.478 e. The zero-order valence-corrected chi connectivity index (χ0v) is 10.7. The average Bonchev–Trinajstić information content (AvgIpc) is 2.28. The average molecular weight is 251 g/mol. The van der Waals surface area contributed by atoms with E-state index < -0.39 is 5.97 Å². The molecule has 1 aromatic rings. The van der Waals surface area contributed by atoms with Gasteiger partial charge in [-0.05, 0) is 13.0 Å². The summed E-state index contributed by atoms with van der Waals surface area (Å²) in [6.07, 6.45) is 1.63. The number of rotatable bonds is 5. The summed E-state index contributed by atoms with van der Waals surface area (Å²) < 4.78 is 0. The van der Waals surface area contributed by atoms with Crippen molar-refractivity contribution >= 4 is 17.6 Å². The van der Waals surface area contributed by atoms with Crippen LogP contribution in [0.3, 0.4) is 0 Å². The summed E-state index contributed by atoms with van der Waals surface area (Å²) in [7, 11) is 3.36. The number of carboxylic acid groups (broad SMARTS) is 1. The van der Waals surface area contributed by atoms with Gasteiger partial charge in [0.1, 0.15) is 5.56 Å². The molecular formula is C12H17N3O3. The van der Waals surface area contributed by atoms with E-state index >= 15 is 0 Å². The number of aryl methyl sites for hydroxylation is 1. The first kappa shape index (κ1) is 14.0. The van der Waals surface area contributed by atoms with Gasteiger partial charge in [-0.15, -0.1) is 0 Å². The Labute approximate surface area is 106 Å². The number of pyridine rings is 1. The van der Waals surface area contributed by atoms with Crippen molar-refractivity contribution in [3.63, 3.8) is 0 Å². The molecule has 1 rings (SSSR count). The number of carbonyl (C=O) groups excluding carboxylic acids is 1. The van der Waals surface area contributed by atoms with Gasteiger partial charge in [-0.2, -0.15) is 0 Å². The van der Waals surface area contributed by atoms with E-state index in [1.165, 1.54) is 11.1 Å². The Balaban J connectivity index is 2.69. The minimum absolute atomic E-state index is 0.00912. The van der Waals surface area contributed by atoms with Crippen molar-refractivity contribution in [2.24, 2.45) is 0 Å². The maximum absolute atomic E-state index is 11.4. The molecule has 0 fully saturated rings. The standard InChI is InChI=1S/C12H17N3O3/c1-8-6-10(9(7-14-8)12(17)18)13-5-4-11(16)15(2)3/h6-7H,4-5H2,1-3H3,(H,13,14)(H,17,18). The van der Waals surface area contributed by atoms with Gasteiger partial charge < -0.3 is 15.3 Å². The molecule has 98 valence electrons. The topological polar surface area (TPSA) is 82.5 Å². The summed E-state index contributed by atoms with van der Waals surface area (Å²) >= 11 is 0. The first-order chi connectivity index (χ1) is 8.41. The Kier molecular flexibility index (Phi) is 4.65. The number of carbonyl (C=O) groups is 2. The summed E-state index contributed by atoms with van der Waals surface area (Å²) in [6, 6.07) is 1.66. The SMILES string of the molecule is Cc1cc(NCCC(=O)N(C)C)c(C(=O)O)cn1. The van der Waals surface area contributed by atoms with E-state index in [1.807, 2.05) is 0 Å². The monoisotopic (exact) mass is 251 g/mol. The van der Waals surface area contributed by atoms with Crippen LogP contribution < -0.4 is 5.32 Å². The van der Waals surface area contributed by atoms with E-state index in [2.05, 4.69) is 10.3 Å². The molecule has 0 bridgehead atoms. The second kappa shape index (κ2) is 6.00. The van der Waals surface area contributed by atoms with Crippen molar-refractivity contribution in [3.8, 4) is 0 Å². The molecule has 1 amide bonds. The van der Waals surface area contributed by atoms with Crippen molar-refractivity contribution in [1.82, 2.24) is 9.88 Å². The minimum atomic E-state index is -1.04. The van der Waals surface area contributed by atoms with Crippen LogP contribution >= 0.6 is 0 Å². The number of nitrogens with one attached hydrogen (secondary N) is 1. The largest absolute Gasteiger partial charge is 0.478 e. The molecule has 0 aliphatic rings. The molecule has 6 nitrogen and oxygen atoms in total. The smallest absolute Gasteiger partial charge is 0.339 e. The zero-order valence-electron chi connectivity index (χ0n) is 10.7. The molecule has 0 spiro atoms. The molecule has 18 heavy (non-hydrogen) atoms. The van der Waals surface area contributed by atoms with E-state index in [9.17, 15) is 9.59 Å². The van der Waals surface area contributed by atoms with E-state index in [4.69, 9.17) is 5.11 Å². The Morgan fingerprint density at radius 1 is 1.44 bits per heavy atom. The highest BCUT2D eigenvalue weighted by molar-refractivity contribution is 5.93. The van der Waals surface area contributed by atoms with Gasteiger partial charge >= 0.3 is 5.97 Å². The van der Waals surface area contributed by atoms with Crippen LogP contribution in [0.25, 0.3) is 0 Å². The second-order valence-corrected chi connectivity index (χ2v) is 4.14. The summed E-state index contributed by atoms with van der Waals surface area (Å²) in [5, 5.41) is 12.0. The van der Waals surface area contributed by atoms with Gasteiger partial charge in [0.05, 0.1) is 5.69 Å². The molecule has 0 unspecified atom stereocenters. The van der Waals surface area contributed by atoms with Gasteiger partial charge in [-0.3, -0.25) is 9.78 Å². The van der Waals surface area contributed by atoms with E-state index in [1.54, 1.807) is 27.1 Å². The van der Waals surface area contributed by atoms with Crippen LogP contribution in [0, 0.1) is 6.92 Å². The zero-order chi connectivity index (χ0) is 13.7. The van der Waals surface area contributed by atoms with Gasteiger partial charge in [0.15, 0.2) is 0 Å². The molecule has 1 aromatic heterocycles. The first-order valence-corrected chi connectivity index (χ1v) is 5.55. The lowest BCUT2D eigenvalue weighted by Crippen LogP contribution is -2.24. The number of nitrogens with zero attached hydrogens (tertiary/aromatic N) is 2. The third-order valence-electron chi connectivity index (χ3n) is 2.42. The molecule has 0 aliphatic carbocycles. The number of hydrogen-bond donors (Lipinski definition) is 2. The van der Waals surface area contributed by atoms with Gasteiger partial charge in [0.25, 0.3) is 0 Å². The Bertz CT molecular complexity index is 458. The van der Waals surface area contributed by atoms with Crippen molar-refractivity contribution in [2.45, 2.75) is 13.3 Å². The summed E-state index contributed by atoms with van der Waals surface area (Å²) in [6.45, 7) is 2.17. The molecule has 6 heteroatoms. The summed E-state index contributed by atoms with van der Waals surface area (Å²) in [5.41, 5.74) is 1.32. The molecule has 0 atom stereocenters. The lowest BCUT2D eigenvalue weighted by Gasteiger charge is -2.12. The van der Waals surface area contributed by atoms with E-state index in [0.717, 1.165) is 5.69 Å². The van der Waals surface area contributed by atoms with Gasteiger partial charge in [0.2, 0.25) is 5.91 Å². The van der Waals surface area contributed by atoms with Crippen molar-refractivity contribution in [3.05, 3.63) is 23.5 Å². The lowest BCUT2D eigenvalue weighted by atomic mass is 10.2. The number of aromatic nitrogens is 1. The maximum Gasteiger partial charge on any atom is 0.339 e. The fourth-order valence-corrected chi connectivity index (χ4v) is 1.40. The lowest BCUT2D eigenvalue weighted by molar-refractivity contribution is -0.128. The van der Waals surface area contributed by atoms with Crippen molar-refractivity contribution in [2.75, 3.05) is 26.0 Å². The number of amides is 1. The van der Waals surface area contributed by atoms with Crippen LogP contribution in [0.2, 0.25) is 0 Å². The highest BCUT2D eigenvalue weighted by Gasteiger charge is 2.11. The van der Waals surface area contributed by atoms with E-state index in [-0.39, 0.29) is 11.5 Å². The highest BCUT2D eigenvalue weighted by atomic mass is 16.4. The van der Waals surface area contributed by atoms with Crippen LogP contribution in [0.5, 0.6) is 0 Å². The molecule has 1 heterocycles. The Hall–Kier alpha value is -2.11. The van der Waals surface area contributed by atoms with Crippen LogP contribution in [-0.4, -0.2) is 47.5 Å². The van der Waals surface area contributed by atoms with Crippen LogP contribution in [0.15, 0.2) is 12.3 Å². The maximum atomic E-state index is 11.4. The fourth-order valence-electron chi connectivity index (χ4n) is 1.40. The highest BCUT2D eigenvalue weighted by Crippen LogP contribution is 2.15. The molecule has 0 aliphatic heterocycles. The summed E-state index contributed by atoms with van der Waals surface area (Å²) in [5.74, 6) is -1.05. The molecule has 2 N–H and O–H groups in total. The molecule has 0 saturated carbocycles. The quantitative estimate of drug-likeness (QED) is 0.815. The van der Waals surface area contributed by atoms with Gasteiger partial charge in [0, 0.05) is 39.0 Å². The normalized spacial score (nSPS) is 9.94. The number of anilines is 1. The van der Waals surface area contributed by atoms with Gasteiger partial charge in [-0.25, -0.2) is 4.79 Å². The predicted molar refractivity (Wildman–Crippen MR) is 67.7 cm³/mol. The van der Waals surface area contributed by atoms with Crippen LogP contribution in [-0.2, 0) is 4.79 Å². The Morgan fingerprint density at radius 2 is 2.11 bits per heavy atom. The van der Waals surface area contributed by atoms with Crippen LogP contribution in [0.1, 0.15) is 22.5 Å². The van der Waals surface area contributed by atoms with Gasteiger partial charge in [-0.1, -0.05) is 0 Å². The molecular weight excluding hydrogens is 234 g/mol. The number of carboxylic acids is 1. The molecule has 0 saturated heterocycles. The third-order valence-corrected chi connectivity index (χ3v) is 2.42. The summed E-state index contributed by atoms with van der Waals surface area (Å²) in [4.78, 5) is 27.8. The predicted octanol–water partition coefficient (Wildman–Crippen LogP) is 0.978.